The Hall–Kier alpha value is -2.67. The van der Waals surface area contributed by atoms with Gasteiger partial charge in [0.2, 0.25) is 5.91 Å². The number of benzene rings is 1. The van der Waals surface area contributed by atoms with Gasteiger partial charge in [-0.3, -0.25) is 9.59 Å². The molecule has 2 aromatic carbocycles. The number of hydrogen-bond acceptors (Lipinski definition) is 5. The van der Waals surface area contributed by atoms with Crippen molar-refractivity contribution in [3.63, 3.8) is 0 Å². The van der Waals surface area contributed by atoms with Crippen molar-refractivity contribution in [2.75, 3.05) is 6.61 Å². The van der Waals surface area contributed by atoms with Crippen molar-refractivity contribution in [3.05, 3.63) is 46.1 Å². The van der Waals surface area contributed by atoms with E-state index in [4.69, 9.17) is 4.74 Å². The maximum absolute atomic E-state index is 13.2. The van der Waals surface area contributed by atoms with Crippen molar-refractivity contribution in [1.82, 2.24) is 10.6 Å². The minimum absolute atomic E-state index is 0.134. The van der Waals surface area contributed by atoms with Gasteiger partial charge in [-0.25, -0.2) is 4.79 Å². The van der Waals surface area contributed by atoms with Gasteiger partial charge in [-0.2, -0.15) is 0 Å². The van der Waals surface area contributed by atoms with Crippen LogP contribution in [0.25, 0.3) is 11.1 Å². The van der Waals surface area contributed by atoms with Crippen LogP contribution in [0.3, 0.4) is 0 Å². The van der Waals surface area contributed by atoms with Gasteiger partial charge in [0.15, 0.2) is 5.43 Å². The average Bonchev–Trinajstić information content (AvgIpc) is 3.51. The Morgan fingerprint density at radius 1 is 1.03 bits per heavy atom. The summed E-state index contributed by atoms with van der Waals surface area (Å²) in [6.45, 7) is 8.09. The van der Waals surface area contributed by atoms with Gasteiger partial charge in [-0.05, 0) is 42.6 Å². The minimum Gasteiger partial charge on any atom is -0.449 e. The summed E-state index contributed by atoms with van der Waals surface area (Å²) in [4.78, 5) is 38.2. The second-order valence-electron chi connectivity index (χ2n) is 10.6. The van der Waals surface area contributed by atoms with Crippen molar-refractivity contribution in [2.45, 2.75) is 84.4 Å². The molecule has 0 saturated heterocycles. The van der Waals surface area contributed by atoms with E-state index in [1.54, 1.807) is 0 Å². The number of carbonyl (C=O) groups excluding carboxylic acids is 2. The molecule has 0 radical (unpaired) electrons. The van der Waals surface area contributed by atoms with Gasteiger partial charge in [0.1, 0.15) is 12.1 Å². The molecule has 1 fully saturated rings. The third-order valence-corrected chi connectivity index (χ3v) is 6.89. The van der Waals surface area contributed by atoms with E-state index in [9.17, 15) is 19.5 Å². The summed E-state index contributed by atoms with van der Waals surface area (Å²) in [6, 6.07) is 7.75. The largest absolute Gasteiger partial charge is 0.449 e. The molecule has 0 heterocycles. The molecule has 35 heavy (non-hydrogen) atoms. The summed E-state index contributed by atoms with van der Waals surface area (Å²) >= 11 is 0. The van der Waals surface area contributed by atoms with Gasteiger partial charge < -0.3 is 20.5 Å². The van der Waals surface area contributed by atoms with E-state index in [0.29, 0.717) is 30.1 Å². The second kappa shape index (κ2) is 12.3. The lowest BCUT2D eigenvalue weighted by molar-refractivity contribution is -0.125. The molecule has 7 nitrogen and oxygen atoms in total. The van der Waals surface area contributed by atoms with E-state index in [1.807, 2.05) is 58.0 Å². The number of nitrogens with one attached hydrogen (secondary N) is 2. The van der Waals surface area contributed by atoms with E-state index >= 15 is 0 Å². The topological polar surface area (TPSA) is 105 Å². The predicted molar refractivity (Wildman–Crippen MR) is 137 cm³/mol. The molecule has 1 aliphatic carbocycles. The zero-order chi connectivity index (χ0) is 25.5. The summed E-state index contributed by atoms with van der Waals surface area (Å²) in [7, 11) is 0. The highest BCUT2D eigenvalue weighted by atomic mass is 16.5. The van der Waals surface area contributed by atoms with Crippen LogP contribution in [0.2, 0.25) is 0 Å². The molecule has 1 saturated carbocycles. The van der Waals surface area contributed by atoms with E-state index < -0.39 is 24.3 Å². The van der Waals surface area contributed by atoms with Crippen molar-refractivity contribution < 1.29 is 19.4 Å². The van der Waals surface area contributed by atoms with Crippen LogP contribution in [-0.4, -0.2) is 35.8 Å². The molecule has 0 unspecified atom stereocenters. The Kier molecular flexibility index (Phi) is 9.49. The standard InChI is InChI=1S/C28H40N2O5/c1-17(2)15-21(29-28(34)35-16-19-11-7-5-8-12-19)27(33)30-24(18(3)4)26(32)23-22(25(23)31)20-13-9-6-10-14-20/h6,9-10,13-14,17-19,21,24,26,32H,5,7-8,11-12,15-16H2,1-4H3,(H,29,34)(H,30,33)/t21-,24-,26+/m0/s1. The summed E-state index contributed by atoms with van der Waals surface area (Å²) < 4.78 is 5.44. The van der Waals surface area contributed by atoms with Gasteiger partial charge in [0, 0.05) is 11.1 Å². The molecule has 1 aliphatic rings. The lowest BCUT2D eigenvalue weighted by atomic mass is 9.90. The van der Waals surface area contributed by atoms with E-state index in [2.05, 4.69) is 10.6 Å². The molecule has 7 heteroatoms. The smallest absolute Gasteiger partial charge is 0.407 e. The SMILES string of the molecule is CC(C)C[C@H](NC(=O)OCC1CCCCC1)C(=O)N[C@@H](C(C)C)[C@H](O)c1c(-c2ccccc2)c1=O. The summed E-state index contributed by atoms with van der Waals surface area (Å²) in [5.41, 5.74) is 1.45. The molecule has 2 aromatic rings. The maximum Gasteiger partial charge on any atom is 0.407 e. The van der Waals surface area contributed by atoms with Crippen molar-refractivity contribution in [3.8, 4) is 11.1 Å². The van der Waals surface area contributed by atoms with Crippen molar-refractivity contribution in [2.24, 2.45) is 17.8 Å². The summed E-state index contributed by atoms with van der Waals surface area (Å²) in [6.07, 6.45) is 4.41. The number of ether oxygens (including phenoxy) is 1. The third kappa shape index (κ3) is 7.40. The first kappa shape index (κ1) is 26.9. The molecule has 0 aliphatic heterocycles. The zero-order valence-corrected chi connectivity index (χ0v) is 21.4. The fourth-order valence-electron chi connectivity index (χ4n) is 4.85. The number of aliphatic hydroxyl groups excluding tert-OH is 1. The van der Waals surface area contributed by atoms with Crippen molar-refractivity contribution in [1.29, 1.82) is 0 Å². The maximum atomic E-state index is 13.2. The van der Waals surface area contributed by atoms with Crippen molar-refractivity contribution >= 4 is 12.0 Å². The third-order valence-electron chi connectivity index (χ3n) is 6.89. The monoisotopic (exact) mass is 484 g/mol. The predicted octanol–water partition coefficient (Wildman–Crippen LogP) is 4.48. The Morgan fingerprint density at radius 2 is 1.69 bits per heavy atom. The highest BCUT2D eigenvalue weighted by Crippen LogP contribution is 2.33. The van der Waals surface area contributed by atoms with E-state index in [1.165, 1.54) is 6.42 Å². The highest BCUT2D eigenvalue weighted by molar-refractivity contribution is 5.86. The van der Waals surface area contributed by atoms with Crippen LogP contribution in [0.1, 0.15) is 77.9 Å². The molecule has 2 amide bonds. The van der Waals surface area contributed by atoms with Gasteiger partial charge in [-0.1, -0.05) is 77.3 Å². The fourth-order valence-corrected chi connectivity index (χ4v) is 4.85. The lowest BCUT2D eigenvalue weighted by Gasteiger charge is -2.29. The van der Waals surface area contributed by atoms with Crippen LogP contribution in [-0.2, 0) is 9.53 Å². The average molecular weight is 485 g/mol. The molecule has 3 rings (SSSR count). The molecule has 3 N–H and O–H groups in total. The number of amides is 2. The molecule has 3 atom stereocenters. The first-order valence-electron chi connectivity index (χ1n) is 12.9. The van der Waals surface area contributed by atoms with E-state index in [-0.39, 0.29) is 23.2 Å². The Morgan fingerprint density at radius 3 is 2.29 bits per heavy atom. The minimum atomic E-state index is -1.13. The van der Waals surface area contributed by atoms with Crippen LogP contribution in [0.5, 0.6) is 0 Å². The Balaban J connectivity index is 1.64. The highest BCUT2D eigenvalue weighted by Gasteiger charge is 2.37. The van der Waals surface area contributed by atoms with Gasteiger partial charge in [-0.15, -0.1) is 0 Å². The molecule has 0 spiro atoms. The zero-order valence-electron chi connectivity index (χ0n) is 21.4. The molecule has 192 valence electrons. The molecular formula is C28H40N2O5. The van der Waals surface area contributed by atoms with E-state index in [0.717, 1.165) is 31.2 Å². The molecule has 0 bridgehead atoms. The van der Waals surface area contributed by atoms with Crippen LogP contribution in [0, 0.1) is 17.8 Å². The fraction of sp³-hybridized carbons (Fsp3) is 0.607. The summed E-state index contributed by atoms with van der Waals surface area (Å²) in [5, 5.41) is 16.7. The van der Waals surface area contributed by atoms with Crippen LogP contribution >= 0.6 is 0 Å². The Labute approximate surface area is 208 Å². The number of carbonyl (C=O) groups is 2. The molecule has 0 aromatic heterocycles. The van der Waals surface area contributed by atoms with Gasteiger partial charge in [0.25, 0.3) is 0 Å². The number of rotatable bonds is 11. The number of alkyl carbamates (subject to hydrolysis) is 1. The van der Waals surface area contributed by atoms with Crippen LogP contribution in [0.4, 0.5) is 4.79 Å². The number of hydrogen-bond donors (Lipinski definition) is 3. The Bertz CT molecular complexity index is 971. The van der Waals surface area contributed by atoms with Gasteiger partial charge >= 0.3 is 6.09 Å². The molecular weight excluding hydrogens is 444 g/mol. The number of aliphatic hydroxyl groups is 1. The summed E-state index contributed by atoms with van der Waals surface area (Å²) in [5.74, 6) is 0.0191. The van der Waals surface area contributed by atoms with Crippen LogP contribution < -0.4 is 16.1 Å². The first-order valence-corrected chi connectivity index (χ1v) is 12.9. The first-order chi connectivity index (χ1) is 16.7. The normalized spacial score (nSPS) is 17.3. The van der Waals surface area contributed by atoms with Gasteiger partial charge in [0.05, 0.1) is 12.6 Å². The second-order valence-corrected chi connectivity index (χ2v) is 10.6. The van der Waals surface area contributed by atoms with Crippen LogP contribution in [0.15, 0.2) is 35.1 Å². The quantitative estimate of drug-likeness (QED) is 0.436. The lowest BCUT2D eigenvalue weighted by Crippen LogP contribution is -2.53.